The van der Waals surface area contributed by atoms with E-state index in [1.54, 1.807) is 26.0 Å². The van der Waals surface area contributed by atoms with Crippen molar-refractivity contribution in [2.75, 3.05) is 26.2 Å². The smallest absolute Gasteiger partial charge is 0.283 e. The van der Waals surface area contributed by atoms with Crippen LogP contribution < -0.4 is 14.3 Å². The van der Waals surface area contributed by atoms with Crippen molar-refractivity contribution >= 4 is 50.0 Å². The van der Waals surface area contributed by atoms with Gasteiger partial charge in [0.15, 0.2) is 4.80 Å². The number of ether oxygens (including phenoxy) is 2. The molecule has 0 spiro atoms. The monoisotopic (exact) mass is 438 g/mol. The maximum absolute atomic E-state index is 13.2. The molecule has 154 valence electrons. The van der Waals surface area contributed by atoms with Crippen LogP contribution in [0, 0.1) is 0 Å². The summed E-state index contributed by atoms with van der Waals surface area (Å²) in [5.41, 5.74) is 1.48. The van der Waals surface area contributed by atoms with Gasteiger partial charge in [0.25, 0.3) is 5.91 Å². The minimum atomic E-state index is -0.311. The minimum absolute atomic E-state index is 0.311. The van der Waals surface area contributed by atoms with Crippen molar-refractivity contribution < 1.29 is 14.3 Å². The number of nitrogens with zero attached hydrogens (tertiary/aromatic N) is 2. The van der Waals surface area contributed by atoms with Gasteiger partial charge in [-0.1, -0.05) is 35.6 Å². The van der Waals surface area contributed by atoms with E-state index in [1.165, 1.54) is 11.3 Å². The second kappa shape index (κ2) is 8.93. The normalized spacial score (nSPS) is 11.9. The van der Waals surface area contributed by atoms with Gasteiger partial charge >= 0.3 is 0 Å². The highest BCUT2D eigenvalue weighted by molar-refractivity contribution is 7.98. The molecule has 0 saturated carbocycles. The standard InChI is InChI=1S/C23H22N2O3S2/c1-27-17-8-9-21-19(14-17)25(10-11-29-3)23(30-21)24-22(26)18-12-15-6-4-5-7-16(15)13-20(18)28-2/h4-9,12-14H,10-11H2,1-3H3. The Morgan fingerprint density at radius 2 is 1.83 bits per heavy atom. The van der Waals surface area contributed by atoms with E-state index >= 15 is 0 Å². The van der Waals surface area contributed by atoms with Crippen molar-refractivity contribution in [2.45, 2.75) is 6.54 Å². The number of carbonyl (C=O) groups excluding carboxylic acids is 1. The Hall–Kier alpha value is -2.77. The van der Waals surface area contributed by atoms with Gasteiger partial charge in [0.2, 0.25) is 0 Å². The Labute approximate surface area is 183 Å². The van der Waals surface area contributed by atoms with E-state index in [9.17, 15) is 4.79 Å². The number of amides is 1. The first-order valence-electron chi connectivity index (χ1n) is 9.46. The first kappa shape index (κ1) is 20.5. The summed E-state index contributed by atoms with van der Waals surface area (Å²) in [7, 11) is 3.23. The van der Waals surface area contributed by atoms with Crippen molar-refractivity contribution in [3.8, 4) is 11.5 Å². The molecule has 0 aliphatic heterocycles. The highest BCUT2D eigenvalue weighted by atomic mass is 32.2. The summed E-state index contributed by atoms with van der Waals surface area (Å²) in [6.07, 6.45) is 2.07. The third-order valence-electron chi connectivity index (χ3n) is 4.90. The van der Waals surface area contributed by atoms with E-state index in [0.29, 0.717) is 16.1 Å². The molecule has 0 N–H and O–H groups in total. The average molecular weight is 439 g/mol. The number of thioether (sulfide) groups is 1. The van der Waals surface area contributed by atoms with E-state index in [1.807, 2.05) is 54.6 Å². The summed E-state index contributed by atoms with van der Waals surface area (Å²) in [6.45, 7) is 0.759. The number of rotatable bonds is 6. The van der Waals surface area contributed by atoms with Gasteiger partial charge in [-0.05, 0) is 41.3 Å². The molecule has 1 aromatic heterocycles. The second-order valence-corrected chi connectivity index (χ2v) is 8.67. The highest BCUT2D eigenvalue weighted by Gasteiger charge is 2.15. The Balaban J connectivity index is 1.86. The summed E-state index contributed by atoms with van der Waals surface area (Å²) < 4.78 is 14.0. The fourth-order valence-electron chi connectivity index (χ4n) is 3.36. The summed E-state index contributed by atoms with van der Waals surface area (Å²) in [5.74, 6) is 1.92. The van der Waals surface area contributed by atoms with Crippen LogP contribution in [0.4, 0.5) is 0 Å². The number of fused-ring (bicyclic) bond motifs is 2. The molecule has 0 atom stereocenters. The van der Waals surface area contributed by atoms with Crippen LogP contribution >= 0.6 is 23.1 Å². The largest absolute Gasteiger partial charge is 0.497 e. The lowest BCUT2D eigenvalue weighted by atomic mass is 10.1. The highest BCUT2D eigenvalue weighted by Crippen LogP contribution is 2.27. The molecule has 0 bridgehead atoms. The molecule has 0 fully saturated rings. The van der Waals surface area contributed by atoms with Gasteiger partial charge in [-0.15, -0.1) is 0 Å². The number of benzene rings is 3. The molecule has 0 radical (unpaired) electrons. The molecular weight excluding hydrogens is 416 g/mol. The van der Waals surface area contributed by atoms with Crippen molar-refractivity contribution in [3.05, 3.63) is 65.0 Å². The SMILES string of the molecule is COc1ccc2sc(=NC(=O)c3cc4ccccc4cc3OC)n(CCSC)c2c1. The van der Waals surface area contributed by atoms with Gasteiger partial charge in [0.05, 0.1) is 30.0 Å². The maximum atomic E-state index is 13.2. The van der Waals surface area contributed by atoms with E-state index in [-0.39, 0.29) is 5.91 Å². The third kappa shape index (κ3) is 3.95. The lowest BCUT2D eigenvalue weighted by molar-refractivity contribution is 0.0995. The van der Waals surface area contributed by atoms with Gasteiger partial charge in [-0.25, -0.2) is 0 Å². The lowest BCUT2D eigenvalue weighted by Gasteiger charge is -2.08. The predicted octanol–water partition coefficient (Wildman–Crippen LogP) is 4.98. The van der Waals surface area contributed by atoms with Crippen LogP contribution in [0.2, 0.25) is 0 Å². The molecule has 0 saturated heterocycles. The minimum Gasteiger partial charge on any atom is -0.497 e. The van der Waals surface area contributed by atoms with Crippen LogP contribution in [0.3, 0.4) is 0 Å². The molecule has 0 aliphatic rings. The van der Waals surface area contributed by atoms with Crippen LogP contribution in [-0.2, 0) is 6.54 Å². The third-order valence-corrected chi connectivity index (χ3v) is 6.55. The fraction of sp³-hybridized carbons (Fsp3) is 0.217. The average Bonchev–Trinajstić information content (AvgIpc) is 3.12. The summed E-state index contributed by atoms with van der Waals surface area (Å²) in [4.78, 5) is 18.4. The first-order chi connectivity index (χ1) is 14.6. The van der Waals surface area contributed by atoms with Crippen molar-refractivity contribution in [1.29, 1.82) is 0 Å². The Bertz CT molecular complexity index is 1290. The van der Waals surface area contributed by atoms with Crippen molar-refractivity contribution in [3.63, 3.8) is 0 Å². The van der Waals surface area contributed by atoms with Gasteiger partial charge in [-0.3, -0.25) is 4.79 Å². The Kier molecular flexibility index (Phi) is 6.11. The van der Waals surface area contributed by atoms with Crippen LogP contribution in [0.5, 0.6) is 11.5 Å². The van der Waals surface area contributed by atoms with E-state index in [2.05, 4.69) is 15.8 Å². The number of aryl methyl sites for hydroxylation is 1. The number of aromatic nitrogens is 1. The van der Waals surface area contributed by atoms with E-state index in [4.69, 9.17) is 9.47 Å². The molecule has 0 unspecified atom stereocenters. The zero-order valence-electron chi connectivity index (χ0n) is 17.0. The van der Waals surface area contributed by atoms with Crippen molar-refractivity contribution in [1.82, 2.24) is 4.57 Å². The van der Waals surface area contributed by atoms with Crippen LogP contribution in [0.15, 0.2) is 59.6 Å². The maximum Gasteiger partial charge on any atom is 0.283 e. The number of carbonyl (C=O) groups is 1. The molecule has 4 rings (SSSR count). The van der Waals surface area contributed by atoms with Crippen LogP contribution in [0.25, 0.3) is 21.0 Å². The predicted molar refractivity (Wildman–Crippen MR) is 125 cm³/mol. The molecule has 3 aromatic carbocycles. The molecule has 1 heterocycles. The molecule has 7 heteroatoms. The van der Waals surface area contributed by atoms with Gasteiger partial charge < -0.3 is 14.0 Å². The zero-order valence-corrected chi connectivity index (χ0v) is 18.7. The molecule has 1 amide bonds. The Morgan fingerprint density at radius 3 is 2.53 bits per heavy atom. The molecule has 4 aromatic rings. The lowest BCUT2D eigenvalue weighted by Crippen LogP contribution is -2.18. The van der Waals surface area contributed by atoms with Crippen molar-refractivity contribution in [2.24, 2.45) is 4.99 Å². The van der Waals surface area contributed by atoms with E-state index in [0.717, 1.165) is 39.0 Å². The van der Waals surface area contributed by atoms with Gasteiger partial charge in [0.1, 0.15) is 11.5 Å². The number of hydrogen-bond donors (Lipinski definition) is 0. The second-order valence-electron chi connectivity index (χ2n) is 6.68. The summed E-state index contributed by atoms with van der Waals surface area (Å²) in [6, 6.07) is 17.6. The number of hydrogen-bond acceptors (Lipinski definition) is 5. The number of thiazole rings is 1. The summed E-state index contributed by atoms with van der Waals surface area (Å²) in [5, 5.41) is 2.00. The fourth-order valence-corrected chi connectivity index (χ4v) is 4.76. The topological polar surface area (TPSA) is 52.8 Å². The van der Waals surface area contributed by atoms with Gasteiger partial charge in [0, 0.05) is 18.4 Å². The quantitative estimate of drug-likeness (QED) is 0.426. The number of methoxy groups -OCH3 is 2. The van der Waals surface area contributed by atoms with E-state index < -0.39 is 0 Å². The van der Waals surface area contributed by atoms with Gasteiger partial charge in [-0.2, -0.15) is 16.8 Å². The first-order valence-corrected chi connectivity index (χ1v) is 11.7. The zero-order chi connectivity index (χ0) is 21.1. The molecule has 30 heavy (non-hydrogen) atoms. The van der Waals surface area contributed by atoms with Crippen LogP contribution in [-0.4, -0.2) is 36.7 Å². The summed E-state index contributed by atoms with van der Waals surface area (Å²) >= 11 is 3.26. The van der Waals surface area contributed by atoms with Crippen LogP contribution in [0.1, 0.15) is 10.4 Å². The molecule has 0 aliphatic carbocycles. The molecular formula is C23H22N2O3S2. The Morgan fingerprint density at radius 1 is 1.07 bits per heavy atom. The molecule has 5 nitrogen and oxygen atoms in total.